The topological polar surface area (TPSA) is 58.2 Å². The summed E-state index contributed by atoms with van der Waals surface area (Å²) in [4.78, 5) is 24.2. The van der Waals surface area contributed by atoms with Gasteiger partial charge in [-0.1, -0.05) is 43.6 Å². The maximum atomic E-state index is 12.2. The van der Waals surface area contributed by atoms with E-state index in [1.807, 2.05) is 18.2 Å². The van der Waals surface area contributed by atoms with E-state index in [0.29, 0.717) is 10.7 Å². The quantitative estimate of drug-likeness (QED) is 0.682. The summed E-state index contributed by atoms with van der Waals surface area (Å²) in [6, 6.07) is 13.0. The summed E-state index contributed by atoms with van der Waals surface area (Å²) in [5, 5.41) is 6.40. The lowest BCUT2D eigenvalue weighted by Gasteiger charge is -2.14. The van der Waals surface area contributed by atoms with Crippen LogP contribution in [0.5, 0.6) is 0 Å². The maximum absolute atomic E-state index is 12.2. The third-order valence-electron chi connectivity index (χ3n) is 3.86. The molecule has 26 heavy (non-hydrogen) atoms. The van der Waals surface area contributed by atoms with Crippen molar-refractivity contribution in [3.05, 3.63) is 58.6 Å². The zero-order valence-electron chi connectivity index (χ0n) is 15.0. The van der Waals surface area contributed by atoms with Crippen molar-refractivity contribution in [1.29, 1.82) is 0 Å². The van der Waals surface area contributed by atoms with Gasteiger partial charge in [0.2, 0.25) is 11.8 Å². The van der Waals surface area contributed by atoms with E-state index in [2.05, 4.69) is 24.5 Å². The molecule has 0 saturated carbocycles. The summed E-state index contributed by atoms with van der Waals surface area (Å²) in [6.07, 6.45) is 1.72. The molecule has 2 rings (SSSR count). The molecule has 0 aliphatic heterocycles. The van der Waals surface area contributed by atoms with Gasteiger partial charge in [0, 0.05) is 16.4 Å². The van der Waals surface area contributed by atoms with Crippen molar-refractivity contribution in [3.63, 3.8) is 0 Å². The summed E-state index contributed by atoms with van der Waals surface area (Å²) in [7, 11) is 0. The Balaban J connectivity index is 1.82. The van der Waals surface area contributed by atoms with Crippen molar-refractivity contribution in [1.82, 2.24) is 0 Å². The fraction of sp³-hybridized carbons (Fsp3) is 0.300. The number of hydrogen-bond donors (Lipinski definition) is 2. The molecule has 138 valence electrons. The van der Waals surface area contributed by atoms with Crippen LogP contribution in [0.4, 0.5) is 11.4 Å². The third-order valence-corrected chi connectivity index (χ3v) is 5.04. The lowest BCUT2D eigenvalue weighted by molar-refractivity contribution is -0.114. The van der Waals surface area contributed by atoms with E-state index in [-0.39, 0.29) is 23.3 Å². The van der Waals surface area contributed by atoms with Gasteiger partial charge in [0.1, 0.15) is 0 Å². The zero-order valence-corrected chi connectivity index (χ0v) is 16.5. The van der Waals surface area contributed by atoms with E-state index in [0.717, 1.165) is 29.7 Å². The molecule has 0 heterocycles. The molecule has 2 amide bonds. The SMILES string of the molecule is CCc1cccc(CC)c1NC(=O)CSCC(=O)Nc1ccc(Cl)cc1. The first-order valence-corrected chi connectivity index (χ1v) is 10.1. The Morgan fingerprint density at radius 3 is 1.96 bits per heavy atom. The van der Waals surface area contributed by atoms with Gasteiger partial charge in [-0.2, -0.15) is 0 Å². The minimum absolute atomic E-state index is 0.0927. The van der Waals surface area contributed by atoms with Crippen LogP contribution < -0.4 is 10.6 Å². The van der Waals surface area contributed by atoms with Crippen LogP contribution in [0.3, 0.4) is 0 Å². The Morgan fingerprint density at radius 2 is 1.42 bits per heavy atom. The number of halogens is 1. The lowest BCUT2D eigenvalue weighted by Crippen LogP contribution is -2.19. The molecule has 0 bridgehead atoms. The summed E-state index contributed by atoms with van der Waals surface area (Å²) in [5.74, 6) is 0.208. The number of anilines is 2. The summed E-state index contributed by atoms with van der Waals surface area (Å²) < 4.78 is 0. The summed E-state index contributed by atoms with van der Waals surface area (Å²) >= 11 is 7.10. The predicted molar refractivity (Wildman–Crippen MR) is 111 cm³/mol. The van der Waals surface area contributed by atoms with Gasteiger partial charge in [-0.05, 0) is 48.2 Å². The van der Waals surface area contributed by atoms with Crippen LogP contribution >= 0.6 is 23.4 Å². The number of carbonyl (C=O) groups is 2. The average molecular weight is 391 g/mol. The minimum atomic E-state index is -0.145. The standard InChI is InChI=1S/C20H23ClN2O2S/c1-3-14-6-5-7-15(4-2)20(14)23-19(25)13-26-12-18(24)22-17-10-8-16(21)9-11-17/h5-11H,3-4,12-13H2,1-2H3,(H,22,24)(H,23,25). The second-order valence-corrected chi connectivity index (χ2v) is 7.18. The first kappa shape index (κ1) is 20.3. The second kappa shape index (κ2) is 10.2. The molecule has 0 aliphatic rings. The summed E-state index contributed by atoms with van der Waals surface area (Å²) in [6.45, 7) is 4.14. The van der Waals surface area contributed by atoms with Crippen molar-refractivity contribution in [2.45, 2.75) is 26.7 Å². The third kappa shape index (κ3) is 6.07. The maximum Gasteiger partial charge on any atom is 0.234 e. The lowest BCUT2D eigenvalue weighted by atomic mass is 10.0. The van der Waals surface area contributed by atoms with Crippen LogP contribution in [0.15, 0.2) is 42.5 Å². The van der Waals surface area contributed by atoms with Gasteiger partial charge in [0.25, 0.3) is 0 Å². The molecule has 4 nitrogen and oxygen atoms in total. The van der Waals surface area contributed by atoms with E-state index in [1.54, 1.807) is 24.3 Å². The predicted octanol–water partition coefficient (Wildman–Crippen LogP) is 4.78. The van der Waals surface area contributed by atoms with Crippen LogP contribution in [0, 0.1) is 0 Å². The Bertz CT molecular complexity index is 741. The number of para-hydroxylation sites is 1. The molecule has 2 aromatic rings. The first-order valence-electron chi connectivity index (χ1n) is 8.57. The molecule has 0 radical (unpaired) electrons. The first-order chi connectivity index (χ1) is 12.5. The smallest absolute Gasteiger partial charge is 0.234 e. The van der Waals surface area contributed by atoms with E-state index in [1.165, 1.54) is 11.8 Å². The highest BCUT2D eigenvalue weighted by molar-refractivity contribution is 8.00. The van der Waals surface area contributed by atoms with E-state index in [4.69, 9.17) is 11.6 Å². The van der Waals surface area contributed by atoms with Gasteiger partial charge in [-0.25, -0.2) is 0 Å². The number of benzene rings is 2. The molecule has 2 aromatic carbocycles. The van der Waals surface area contributed by atoms with Crippen molar-refractivity contribution < 1.29 is 9.59 Å². The van der Waals surface area contributed by atoms with Crippen LogP contribution in [-0.2, 0) is 22.4 Å². The van der Waals surface area contributed by atoms with Gasteiger partial charge >= 0.3 is 0 Å². The van der Waals surface area contributed by atoms with Gasteiger partial charge in [-0.3, -0.25) is 9.59 Å². The van der Waals surface area contributed by atoms with Crippen molar-refractivity contribution in [3.8, 4) is 0 Å². The monoisotopic (exact) mass is 390 g/mol. The number of aryl methyl sites for hydroxylation is 2. The Morgan fingerprint density at radius 1 is 0.885 bits per heavy atom. The number of hydrogen-bond acceptors (Lipinski definition) is 3. The Kier molecular flexibility index (Phi) is 8.01. The molecule has 0 fully saturated rings. The molecule has 0 unspecified atom stereocenters. The van der Waals surface area contributed by atoms with E-state index in [9.17, 15) is 9.59 Å². The fourth-order valence-corrected chi connectivity index (χ4v) is 3.29. The van der Waals surface area contributed by atoms with Gasteiger partial charge in [0.15, 0.2) is 0 Å². The Hall–Kier alpha value is -1.98. The highest BCUT2D eigenvalue weighted by atomic mass is 35.5. The van der Waals surface area contributed by atoms with Gasteiger partial charge < -0.3 is 10.6 Å². The molecule has 0 saturated heterocycles. The molecular formula is C20H23ClN2O2S. The van der Waals surface area contributed by atoms with Crippen LogP contribution in [0.2, 0.25) is 5.02 Å². The molecule has 6 heteroatoms. The molecule has 0 atom stereocenters. The molecule has 0 aromatic heterocycles. The molecule has 0 spiro atoms. The molecular weight excluding hydrogens is 368 g/mol. The zero-order chi connectivity index (χ0) is 18.9. The fourth-order valence-electron chi connectivity index (χ4n) is 2.55. The van der Waals surface area contributed by atoms with Crippen molar-refractivity contribution in [2.75, 3.05) is 22.1 Å². The van der Waals surface area contributed by atoms with E-state index < -0.39 is 0 Å². The summed E-state index contributed by atoms with van der Waals surface area (Å²) in [5.41, 5.74) is 3.86. The van der Waals surface area contributed by atoms with Crippen LogP contribution in [0.25, 0.3) is 0 Å². The van der Waals surface area contributed by atoms with Gasteiger partial charge in [-0.15, -0.1) is 11.8 Å². The number of carbonyl (C=O) groups excluding carboxylic acids is 2. The van der Waals surface area contributed by atoms with Crippen LogP contribution in [0.1, 0.15) is 25.0 Å². The normalized spacial score (nSPS) is 10.4. The average Bonchev–Trinajstić information content (AvgIpc) is 2.63. The van der Waals surface area contributed by atoms with Crippen LogP contribution in [-0.4, -0.2) is 23.3 Å². The molecule has 2 N–H and O–H groups in total. The minimum Gasteiger partial charge on any atom is -0.325 e. The largest absolute Gasteiger partial charge is 0.325 e. The number of rotatable bonds is 8. The number of thioether (sulfide) groups is 1. The molecule has 0 aliphatic carbocycles. The van der Waals surface area contributed by atoms with Crippen molar-refractivity contribution in [2.24, 2.45) is 0 Å². The van der Waals surface area contributed by atoms with Crippen molar-refractivity contribution >= 4 is 46.6 Å². The Labute approximate surface area is 163 Å². The highest BCUT2D eigenvalue weighted by Gasteiger charge is 2.11. The van der Waals surface area contributed by atoms with E-state index >= 15 is 0 Å². The number of nitrogens with one attached hydrogen (secondary N) is 2. The second-order valence-electron chi connectivity index (χ2n) is 5.75. The van der Waals surface area contributed by atoms with Gasteiger partial charge in [0.05, 0.1) is 11.5 Å². The number of amides is 2. The highest BCUT2D eigenvalue weighted by Crippen LogP contribution is 2.23.